The number of morpholine rings is 1. The number of nitrogens with zero attached hydrogens (tertiary/aromatic N) is 4. The van der Waals surface area contributed by atoms with E-state index in [1.54, 1.807) is 20.0 Å². The molecule has 1 amide bonds. The maximum Gasteiger partial charge on any atom is 0.270 e. The zero-order valence-corrected chi connectivity index (χ0v) is 20.1. The Kier molecular flexibility index (Phi) is 6.19. The van der Waals surface area contributed by atoms with Crippen molar-refractivity contribution >= 4 is 55.9 Å². The molecule has 12 heteroatoms. The number of thioether (sulfide) groups is 1. The highest BCUT2D eigenvalue weighted by Gasteiger charge is 2.42. The average molecular weight is 495 g/mol. The summed E-state index contributed by atoms with van der Waals surface area (Å²) < 4.78 is 31.0. The Morgan fingerprint density at radius 2 is 1.97 bits per heavy atom. The van der Waals surface area contributed by atoms with Gasteiger partial charge in [0.25, 0.3) is 11.5 Å². The van der Waals surface area contributed by atoms with Gasteiger partial charge in [-0.05, 0) is 25.0 Å². The van der Waals surface area contributed by atoms with Gasteiger partial charge in [0.15, 0.2) is 9.84 Å². The zero-order chi connectivity index (χ0) is 23.2. The maximum absolute atomic E-state index is 13.2. The third-order valence-electron chi connectivity index (χ3n) is 5.95. The van der Waals surface area contributed by atoms with Gasteiger partial charge >= 0.3 is 0 Å². The fourth-order valence-electron chi connectivity index (χ4n) is 4.27. The summed E-state index contributed by atoms with van der Waals surface area (Å²) in [5.41, 5.74) is 0.719. The van der Waals surface area contributed by atoms with E-state index in [0.717, 1.165) is 11.8 Å². The first-order chi connectivity index (χ1) is 15.1. The molecular weight excluding hydrogens is 472 g/mol. The molecule has 1 aromatic heterocycles. The number of hydrogen-bond donors (Lipinski definition) is 0. The summed E-state index contributed by atoms with van der Waals surface area (Å²) in [6, 6.07) is 1.52. The number of anilines is 1. The molecule has 0 radical (unpaired) electrons. The van der Waals surface area contributed by atoms with Crippen molar-refractivity contribution in [1.82, 2.24) is 9.47 Å². The van der Waals surface area contributed by atoms with Crippen molar-refractivity contribution in [2.45, 2.75) is 19.4 Å². The van der Waals surface area contributed by atoms with Crippen LogP contribution >= 0.6 is 24.0 Å². The molecule has 3 aliphatic heterocycles. The number of sulfone groups is 1. The van der Waals surface area contributed by atoms with Crippen LogP contribution < -0.4 is 10.5 Å². The average Bonchev–Trinajstić information content (AvgIpc) is 3.24. The highest BCUT2D eigenvalue weighted by molar-refractivity contribution is 8.26. The molecule has 32 heavy (non-hydrogen) atoms. The van der Waals surface area contributed by atoms with Gasteiger partial charge in [-0.3, -0.25) is 19.1 Å². The first-order valence-corrected chi connectivity index (χ1v) is 13.1. The van der Waals surface area contributed by atoms with E-state index in [-0.39, 0.29) is 23.0 Å². The van der Waals surface area contributed by atoms with Gasteiger partial charge in [0, 0.05) is 25.7 Å². The number of ether oxygens (including phenoxy) is 1. The van der Waals surface area contributed by atoms with Crippen LogP contribution in [-0.4, -0.2) is 72.0 Å². The topological polar surface area (TPSA) is 113 Å². The Balaban J connectivity index is 1.80. The number of nitriles is 1. The summed E-state index contributed by atoms with van der Waals surface area (Å²) >= 11 is 6.52. The van der Waals surface area contributed by atoms with E-state index in [1.165, 1.54) is 9.47 Å². The minimum absolute atomic E-state index is 0.0214. The Hall–Kier alpha value is -2.20. The van der Waals surface area contributed by atoms with E-state index in [4.69, 9.17) is 17.0 Å². The van der Waals surface area contributed by atoms with Crippen molar-refractivity contribution in [3.63, 3.8) is 0 Å². The molecule has 0 aromatic carbocycles. The van der Waals surface area contributed by atoms with Gasteiger partial charge in [-0.25, -0.2) is 8.42 Å². The normalized spacial score (nSPS) is 24.4. The van der Waals surface area contributed by atoms with E-state index in [1.807, 2.05) is 11.0 Å². The van der Waals surface area contributed by atoms with Crippen LogP contribution in [0, 0.1) is 18.3 Å². The molecule has 1 unspecified atom stereocenters. The molecule has 3 saturated heterocycles. The van der Waals surface area contributed by atoms with Crippen LogP contribution in [0.5, 0.6) is 0 Å². The summed E-state index contributed by atoms with van der Waals surface area (Å²) in [6.45, 7) is 3.84. The van der Waals surface area contributed by atoms with Crippen molar-refractivity contribution < 1.29 is 17.9 Å². The van der Waals surface area contributed by atoms with Crippen LogP contribution in [0.1, 0.15) is 23.1 Å². The van der Waals surface area contributed by atoms with Crippen molar-refractivity contribution in [2.75, 3.05) is 42.7 Å². The summed E-state index contributed by atoms with van der Waals surface area (Å²) in [5.74, 6) is 0.217. The molecule has 9 nitrogen and oxygen atoms in total. The molecule has 1 atom stereocenters. The van der Waals surface area contributed by atoms with Crippen LogP contribution in [-0.2, 0) is 26.4 Å². The van der Waals surface area contributed by atoms with E-state index < -0.39 is 21.4 Å². The van der Waals surface area contributed by atoms with Gasteiger partial charge < -0.3 is 9.64 Å². The van der Waals surface area contributed by atoms with Gasteiger partial charge in [-0.1, -0.05) is 24.0 Å². The minimum atomic E-state index is -3.18. The quantitative estimate of drug-likeness (QED) is 0.445. The van der Waals surface area contributed by atoms with Crippen molar-refractivity contribution in [3.05, 3.63) is 31.9 Å². The second kappa shape index (κ2) is 8.62. The number of pyridine rings is 1. The fourth-order valence-corrected chi connectivity index (χ4v) is 7.36. The lowest BCUT2D eigenvalue weighted by Gasteiger charge is -2.32. The molecular formula is C20H22N4O5S3. The molecule has 4 rings (SSSR count). The van der Waals surface area contributed by atoms with Crippen molar-refractivity contribution in [3.8, 4) is 6.07 Å². The number of rotatable bonds is 3. The Bertz CT molecular complexity index is 1240. The SMILES string of the molecule is Cc1c(C=C2SC(=S)N(C3CCS(=O)(=O)C3)C2=O)c(N2CCOCC2)n(C)c(=O)c1C#N. The molecule has 170 valence electrons. The van der Waals surface area contributed by atoms with E-state index in [0.29, 0.717) is 58.9 Å². The first kappa shape index (κ1) is 23.0. The zero-order valence-electron chi connectivity index (χ0n) is 17.7. The van der Waals surface area contributed by atoms with Gasteiger partial charge in [-0.15, -0.1) is 0 Å². The van der Waals surface area contributed by atoms with E-state index >= 15 is 0 Å². The standard InChI is InChI=1S/C20H22N4O5S3/c1-12-14(17(23-4-6-29-7-5-23)22(2)18(25)15(12)10-21)9-16-19(26)24(20(30)31-16)13-3-8-32(27,28)11-13/h9,13H,3-8,11H2,1-2H3. The number of hydrogen-bond acceptors (Lipinski definition) is 9. The van der Waals surface area contributed by atoms with Gasteiger partial charge in [0.05, 0.1) is 35.7 Å². The highest BCUT2D eigenvalue weighted by atomic mass is 32.2. The number of amides is 1. The lowest BCUT2D eigenvalue weighted by Crippen LogP contribution is -2.40. The number of aromatic nitrogens is 1. The molecule has 0 bridgehead atoms. The molecule has 0 spiro atoms. The van der Waals surface area contributed by atoms with Crippen LogP contribution in [0.4, 0.5) is 5.82 Å². The Labute approximate surface area is 195 Å². The van der Waals surface area contributed by atoms with E-state index in [2.05, 4.69) is 0 Å². The van der Waals surface area contributed by atoms with Crippen LogP contribution in [0.3, 0.4) is 0 Å². The van der Waals surface area contributed by atoms with Crippen molar-refractivity contribution in [1.29, 1.82) is 5.26 Å². The Morgan fingerprint density at radius 3 is 2.56 bits per heavy atom. The lowest BCUT2D eigenvalue weighted by molar-refractivity contribution is -0.123. The number of thiocarbonyl (C=S) groups is 1. The molecule has 3 aliphatic rings. The molecule has 3 fully saturated rings. The predicted molar refractivity (Wildman–Crippen MR) is 126 cm³/mol. The summed E-state index contributed by atoms with van der Waals surface area (Å²) in [5, 5.41) is 9.56. The monoisotopic (exact) mass is 494 g/mol. The van der Waals surface area contributed by atoms with Gasteiger partial charge in [0.2, 0.25) is 0 Å². The fraction of sp³-hybridized carbons (Fsp3) is 0.500. The molecule has 1 aromatic rings. The Morgan fingerprint density at radius 1 is 1.28 bits per heavy atom. The second-order valence-electron chi connectivity index (χ2n) is 7.92. The maximum atomic E-state index is 13.2. The largest absolute Gasteiger partial charge is 0.378 e. The molecule has 0 N–H and O–H groups in total. The van der Waals surface area contributed by atoms with Gasteiger partial charge in [-0.2, -0.15) is 5.26 Å². The summed E-state index contributed by atoms with van der Waals surface area (Å²) in [6.07, 6.45) is 2.03. The predicted octanol–water partition coefficient (Wildman–Crippen LogP) is 0.790. The minimum Gasteiger partial charge on any atom is -0.378 e. The smallest absolute Gasteiger partial charge is 0.270 e. The lowest BCUT2D eigenvalue weighted by atomic mass is 10.0. The number of carbonyl (C=O) groups excluding carboxylic acids is 1. The van der Waals surface area contributed by atoms with Crippen LogP contribution in [0.25, 0.3) is 6.08 Å². The molecule has 0 saturated carbocycles. The van der Waals surface area contributed by atoms with Crippen LogP contribution in [0.15, 0.2) is 9.70 Å². The highest BCUT2D eigenvalue weighted by Crippen LogP contribution is 2.38. The third-order valence-corrected chi connectivity index (χ3v) is 9.03. The second-order valence-corrected chi connectivity index (χ2v) is 11.8. The first-order valence-electron chi connectivity index (χ1n) is 10.1. The summed E-state index contributed by atoms with van der Waals surface area (Å²) in [7, 11) is -1.57. The summed E-state index contributed by atoms with van der Waals surface area (Å²) in [4.78, 5) is 29.7. The number of carbonyl (C=O) groups is 1. The van der Waals surface area contributed by atoms with Gasteiger partial charge in [0.1, 0.15) is 21.8 Å². The molecule has 4 heterocycles. The molecule has 0 aliphatic carbocycles. The van der Waals surface area contributed by atoms with Crippen molar-refractivity contribution in [2.24, 2.45) is 7.05 Å². The van der Waals surface area contributed by atoms with E-state index in [9.17, 15) is 23.3 Å². The van der Waals surface area contributed by atoms with Crippen LogP contribution in [0.2, 0.25) is 0 Å². The third kappa shape index (κ3) is 3.98.